The number of ether oxygens (including phenoxy) is 1. The molecule has 4 aromatic rings. The first-order valence-electron chi connectivity index (χ1n) is 10.3. The lowest BCUT2D eigenvalue weighted by atomic mass is 10.1. The number of halogens is 2. The fourth-order valence-electron chi connectivity index (χ4n) is 3.59. The van der Waals surface area contributed by atoms with Crippen molar-refractivity contribution in [3.05, 3.63) is 104 Å². The molecule has 0 aliphatic carbocycles. The maximum absolute atomic E-state index is 13.9. The van der Waals surface area contributed by atoms with E-state index in [1.54, 1.807) is 30.3 Å². The van der Waals surface area contributed by atoms with Crippen LogP contribution in [0.2, 0.25) is 5.02 Å². The summed E-state index contributed by atoms with van der Waals surface area (Å²) in [5.41, 5.74) is -1.72. The monoisotopic (exact) mass is 468 g/mol. The number of aliphatic hydroxyl groups is 1. The molecule has 0 fully saturated rings. The van der Waals surface area contributed by atoms with E-state index < -0.39 is 22.7 Å². The van der Waals surface area contributed by atoms with Crippen LogP contribution in [0.25, 0.3) is 10.9 Å². The van der Waals surface area contributed by atoms with Gasteiger partial charge in [-0.1, -0.05) is 35.9 Å². The van der Waals surface area contributed by atoms with Gasteiger partial charge in [0.25, 0.3) is 5.56 Å². The molecule has 33 heavy (non-hydrogen) atoms. The summed E-state index contributed by atoms with van der Waals surface area (Å²) in [7, 11) is 0. The van der Waals surface area contributed by atoms with Crippen molar-refractivity contribution in [3.8, 4) is 11.5 Å². The van der Waals surface area contributed by atoms with Crippen molar-refractivity contribution in [1.29, 1.82) is 0 Å². The first-order valence-corrected chi connectivity index (χ1v) is 10.7. The molecule has 0 bridgehead atoms. The number of rotatable bonds is 6. The third kappa shape index (κ3) is 4.99. The van der Waals surface area contributed by atoms with Crippen LogP contribution in [0.15, 0.2) is 76.3 Å². The van der Waals surface area contributed by atoms with Gasteiger partial charge in [-0.3, -0.25) is 13.9 Å². The normalized spacial score (nSPS) is 11.7. The number of nitrogens with zero attached hydrogens (tertiary/aromatic N) is 2. The van der Waals surface area contributed by atoms with Crippen LogP contribution in [0.4, 0.5) is 4.39 Å². The molecule has 0 amide bonds. The molecule has 8 heteroatoms. The molecule has 1 N–H and O–H groups in total. The smallest absolute Gasteiger partial charge is 0.331 e. The lowest BCUT2D eigenvalue weighted by molar-refractivity contribution is 0.0610. The highest BCUT2D eigenvalue weighted by Gasteiger charge is 2.20. The lowest BCUT2D eigenvalue weighted by Gasteiger charge is -2.21. The molecule has 0 spiro atoms. The summed E-state index contributed by atoms with van der Waals surface area (Å²) < 4.78 is 22.0. The summed E-state index contributed by atoms with van der Waals surface area (Å²) in [6.07, 6.45) is 0. The molecule has 6 nitrogen and oxygen atoms in total. The average molecular weight is 469 g/mol. The zero-order valence-electron chi connectivity index (χ0n) is 18.1. The standard InChI is InChI=1S/C25H22ClFN2O4/c1-25(2,32)15-29-21-13-17(27)9-10-19(21)23(30)28(24(29)31)14-16-8-11-20(26)22(12-16)33-18-6-4-3-5-7-18/h3-13,32H,14-15H2,1-2H3. The van der Waals surface area contributed by atoms with Crippen LogP contribution in [0.1, 0.15) is 19.4 Å². The Morgan fingerprint density at radius 2 is 1.73 bits per heavy atom. The van der Waals surface area contributed by atoms with E-state index in [0.717, 1.165) is 10.6 Å². The van der Waals surface area contributed by atoms with E-state index in [9.17, 15) is 19.1 Å². The van der Waals surface area contributed by atoms with Gasteiger partial charge in [0.1, 0.15) is 17.3 Å². The highest BCUT2D eigenvalue weighted by atomic mass is 35.5. The molecule has 3 aromatic carbocycles. The molecule has 0 atom stereocenters. The minimum absolute atomic E-state index is 0.0564. The second-order valence-corrected chi connectivity index (χ2v) is 8.82. The SMILES string of the molecule is CC(C)(O)Cn1c(=O)n(Cc2ccc(Cl)c(Oc3ccccc3)c2)c(=O)c2ccc(F)cc21. The van der Waals surface area contributed by atoms with Gasteiger partial charge in [0.2, 0.25) is 0 Å². The number of aromatic nitrogens is 2. The Hall–Kier alpha value is -3.42. The summed E-state index contributed by atoms with van der Waals surface area (Å²) >= 11 is 6.28. The Morgan fingerprint density at radius 1 is 1.00 bits per heavy atom. The van der Waals surface area contributed by atoms with Gasteiger partial charge in [0.15, 0.2) is 0 Å². The zero-order valence-corrected chi connectivity index (χ0v) is 18.8. The van der Waals surface area contributed by atoms with Crippen molar-refractivity contribution < 1.29 is 14.2 Å². The molecule has 0 aliphatic heterocycles. The molecule has 0 radical (unpaired) electrons. The molecule has 1 heterocycles. The summed E-state index contributed by atoms with van der Waals surface area (Å²) in [4.78, 5) is 26.4. The third-order valence-electron chi connectivity index (χ3n) is 5.04. The summed E-state index contributed by atoms with van der Waals surface area (Å²) in [6.45, 7) is 2.90. The van der Waals surface area contributed by atoms with Crippen molar-refractivity contribution in [3.63, 3.8) is 0 Å². The Bertz CT molecular complexity index is 1440. The largest absolute Gasteiger partial charge is 0.456 e. The summed E-state index contributed by atoms with van der Waals surface area (Å²) in [5.74, 6) is 0.394. The van der Waals surface area contributed by atoms with Gasteiger partial charge in [-0.2, -0.15) is 0 Å². The average Bonchev–Trinajstić information content (AvgIpc) is 2.76. The van der Waals surface area contributed by atoms with E-state index in [1.807, 2.05) is 18.2 Å². The summed E-state index contributed by atoms with van der Waals surface area (Å²) in [6, 6.07) is 17.7. The fourth-order valence-corrected chi connectivity index (χ4v) is 3.75. The predicted molar refractivity (Wildman–Crippen MR) is 126 cm³/mol. The Morgan fingerprint density at radius 3 is 2.42 bits per heavy atom. The first-order chi connectivity index (χ1) is 15.6. The molecule has 4 rings (SSSR count). The first kappa shape index (κ1) is 22.8. The predicted octanol–water partition coefficient (Wildman–Crippen LogP) is 4.57. The van der Waals surface area contributed by atoms with E-state index in [-0.39, 0.29) is 24.0 Å². The topological polar surface area (TPSA) is 73.5 Å². The van der Waals surface area contributed by atoms with Gasteiger partial charge >= 0.3 is 5.69 Å². The minimum atomic E-state index is -1.26. The van der Waals surface area contributed by atoms with Crippen molar-refractivity contribution in [2.75, 3.05) is 0 Å². The number of para-hydroxylation sites is 1. The number of fused-ring (bicyclic) bond motifs is 1. The summed E-state index contributed by atoms with van der Waals surface area (Å²) in [5, 5.41) is 10.9. The van der Waals surface area contributed by atoms with Gasteiger partial charge in [0, 0.05) is 0 Å². The lowest BCUT2D eigenvalue weighted by Crippen LogP contribution is -2.43. The van der Waals surface area contributed by atoms with Crippen LogP contribution in [0, 0.1) is 5.82 Å². The van der Waals surface area contributed by atoms with Gasteiger partial charge < -0.3 is 9.84 Å². The van der Waals surface area contributed by atoms with E-state index in [4.69, 9.17) is 16.3 Å². The van der Waals surface area contributed by atoms with Crippen molar-refractivity contribution in [1.82, 2.24) is 9.13 Å². The molecular formula is C25H22ClFN2O4. The van der Waals surface area contributed by atoms with E-state index >= 15 is 0 Å². The second-order valence-electron chi connectivity index (χ2n) is 8.41. The van der Waals surface area contributed by atoms with Crippen LogP contribution in [0.3, 0.4) is 0 Å². The Kier molecular flexibility index (Phi) is 6.10. The highest BCUT2D eigenvalue weighted by molar-refractivity contribution is 6.32. The van der Waals surface area contributed by atoms with Gasteiger partial charge in [0.05, 0.1) is 34.6 Å². The van der Waals surface area contributed by atoms with Gasteiger partial charge in [-0.05, 0) is 61.9 Å². The van der Waals surface area contributed by atoms with Gasteiger partial charge in [-0.25, -0.2) is 9.18 Å². The maximum atomic E-state index is 13.9. The number of benzene rings is 3. The van der Waals surface area contributed by atoms with Crippen molar-refractivity contribution in [2.45, 2.75) is 32.5 Å². The molecule has 170 valence electrons. The number of hydrogen-bond acceptors (Lipinski definition) is 4. The molecule has 0 unspecified atom stereocenters. The minimum Gasteiger partial charge on any atom is -0.456 e. The fraction of sp³-hybridized carbons (Fsp3) is 0.200. The van der Waals surface area contributed by atoms with Crippen LogP contribution < -0.4 is 16.0 Å². The van der Waals surface area contributed by atoms with Crippen LogP contribution >= 0.6 is 11.6 Å². The van der Waals surface area contributed by atoms with Crippen molar-refractivity contribution >= 4 is 22.5 Å². The van der Waals surface area contributed by atoms with Crippen LogP contribution in [-0.2, 0) is 13.1 Å². The van der Waals surface area contributed by atoms with Crippen molar-refractivity contribution in [2.24, 2.45) is 0 Å². The molecule has 0 saturated carbocycles. The Balaban J connectivity index is 1.81. The van der Waals surface area contributed by atoms with Gasteiger partial charge in [-0.15, -0.1) is 0 Å². The van der Waals surface area contributed by atoms with Crippen LogP contribution in [-0.4, -0.2) is 19.8 Å². The quantitative estimate of drug-likeness (QED) is 0.450. The molecule has 0 aliphatic rings. The number of hydrogen-bond donors (Lipinski definition) is 1. The van der Waals surface area contributed by atoms with E-state index in [1.165, 1.54) is 30.5 Å². The second kappa shape index (κ2) is 8.84. The molecule has 1 aromatic heterocycles. The third-order valence-corrected chi connectivity index (χ3v) is 5.35. The van der Waals surface area contributed by atoms with E-state index in [2.05, 4.69) is 0 Å². The van der Waals surface area contributed by atoms with Crippen LogP contribution in [0.5, 0.6) is 11.5 Å². The molecular weight excluding hydrogens is 447 g/mol. The van der Waals surface area contributed by atoms with E-state index in [0.29, 0.717) is 22.1 Å². The maximum Gasteiger partial charge on any atom is 0.331 e. The zero-order chi connectivity index (χ0) is 23.8. The Labute approximate surface area is 194 Å². The highest BCUT2D eigenvalue weighted by Crippen LogP contribution is 2.30. The molecule has 0 saturated heterocycles.